The lowest BCUT2D eigenvalue weighted by molar-refractivity contribution is 0.733. The van der Waals surface area contributed by atoms with Crippen molar-refractivity contribution in [1.29, 1.82) is 0 Å². The number of rotatable bonds is 3. The Bertz CT molecular complexity index is 427. The Morgan fingerprint density at radius 2 is 2.00 bits per heavy atom. The maximum atomic E-state index is 4.38. The van der Waals surface area contributed by atoms with E-state index in [0.717, 1.165) is 11.4 Å². The number of aromatic nitrogens is 4. The van der Waals surface area contributed by atoms with Gasteiger partial charge in [-0.25, -0.2) is 0 Å². The first-order valence-electron chi connectivity index (χ1n) is 4.67. The minimum atomic E-state index is 0.340. The molecule has 0 saturated heterocycles. The molecule has 4 nitrogen and oxygen atoms in total. The predicted molar refractivity (Wildman–Crippen MR) is 61.1 cm³/mol. The number of hydrogen-bond donors (Lipinski definition) is 0. The summed E-state index contributed by atoms with van der Waals surface area (Å²) in [6, 6.07) is 3.88. The van der Waals surface area contributed by atoms with Gasteiger partial charge in [0, 0.05) is 11.4 Å². The summed E-state index contributed by atoms with van der Waals surface area (Å²) in [4.78, 5) is 5.99. The largest absolute Gasteiger partial charge is 0.258 e. The third-order valence-corrected chi connectivity index (χ3v) is 3.12. The zero-order valence-corrected chi connectivity index (χ0v) is 9.48. The lowest BCUT2D eigenvalue weighted by Gasteiger charge is -2.11. The molecular weight excluding hydrogens is 208 g/mol. The maximum absolute atomic E-state index is 4.38. The van der Waals surface area contributed by atoms with Gasteiger partial charge in [0.05, 0.1) is 18.1 Å². The van der Waals surface area contributed by atoms with E-state index in [0.29, 0.717) is 5.25 Å². The van der Waals surface area contributed by atoms with Crippen LogP contribution in [-0.4, -0.2) is 26.2 Å². The molecule has 0 aromatic carbocycles. The second kappa shape index (κ2) is 4.44. The quantitative estimate of drug-likeness (QED) is 0.794. The molecule has 0 saturated carbocycles. The zero-order valence-electron chi connectivity index (χ0n) is 8.66. The van der Waals surface area contributed by atoms with Crippen LogP contribution in [0.3, 0.4) is 0 Å². The summed E-state index contributed by atoms with van der Waals surface area (Å²) < 4.78 is 0. The van der Waals surface area contributed by atoms with Gasteiger partial charge in [0.15, 0.2) is 0 Å². The van der Waals surface area contributed by atoms with Gasteiger partial charge < -0.3 is 0 Å². The Morgan fingerprint density at radius 3 is 2.67 bits per heavy atom. The van der Waals surface area contributed by atoms with E-state index in [1.54, 1.807) is 35.1 Å². The number of hydrogen-bond acceptors (Lipinski definition) is 4. The Kier molecular flexibility index (Phi) is 3.01. The fourth-order valence-electron chi connectivity index (χ4n) is 1.34. The van der Waals surface area contributed by atoms with E-state index in [1.165, 1.54) is 0 Å². The van der Waals surface area contributed by atoms with Crippen LogP contribution in [0.2, 0.25) is 0 Å². The normalized spacial score (nSPS) is 12.7. The van der Waals surface area contributed by atoms with Gasteiger partial charge in [0.2, 0.25) is 0 Å². The summed E-state index contributed by atoms with van der Waals surface area (Å²) in [5.74, 6) is 0. The minimum Gasteiger partial charge on any atom is -0.258 e. The highest BCUT2D eigenvalue weighted by Gasteiger charge is 2.12. The molecule has 1 atom stereocenters. The molecule has 15 heavy (non-hydrogen) atoms. The summed E-state index contributed by atoms with van der Waals surface area (Å²) in [6.07, 6.45) is 7.20. The van der Waals surface area contributed by atoms with E-state index in [-0.39, 0.29) is 0 Å². The maximum Gasteiger partial charge on any atom is 0.108 e. The summed E-state index contributed by atoms with van der Waals surface area (Å²) in [7, 11) is 0. The molecule has 0 aliphatic rings. The number of pyridine rings is 1. The third kappa shape index (κ3) is 2.02. The summed E-state index contributed by atoms with van der Waals surface area (Å²) >= 11 is 1.76. The molecule has 0 spiro atoms. The summed E-state index contributed by atoms with van der Waals surface area (Å²) in [5, 5.41) is 8.58. The molecule has 78 valence electrons. The van der Waals surface area contributed by atoms with Gasteiger partial charge in [-0.2, -0.15) is 22.0 Å². The van der Waals surface area contributed by atoms with Crippen molar-refractivity contribution < 1.29 is 0 Å². The fraction of sp³-hybridized carbons (Fsp3) is 0.300. The third-order valence-electron chi connectivity index (χ3n) is 2.19. The van der Waals surface area contributed by atoms with E-state index < -0.39 is 0 Å². The van der Waals surface area contributed by atoms with Crippen LogP contribution >= 0.6 is 11.8 Å². The molecule has 0 amide bonds. The van der Waals surface area contributed by atoms with Crippen LogP contribution < -0.4 is 0 Å². The Morgan fingerprint density at radius 1 is 1.27 bits per heavy atom. The molecule has 2 aromatic rings. The Labute approximate surface area is 92.7 Å². The van der Waals surface area contributed by atoms with Crippen LogP contribution in [0.5, 0.6) is 0 Å². The van der Waals surface area contributed by atoms with E-state index >= 15 is 0 Å². The van der Waals surface area contributed by atoms with E-state index in [9.17, 15) is 0 Å². The molecule has 0 bridgehead atoms. The number of nitrogens with zero attached hydrogens (tertiary/aromatic N) is 4. The van der Waals surface area contributed by atoms with Crippen LogP contribution in [0, 0.1) is 0 Å². The molecule has 0 aliphatic carbocycles. The highest BCUT2D eigenvalue weighted by Crippen LogP contribution is 2.27. The average molecular weight is 220 g/mol. The van der Waals surface area contributed by atoms with Crippen molar-refractivity contribution in [2.24, 2.45) is 0 Å². The molecular formula is C10H12N4S. The lowest BCUT2D eigenvalue weighted by Crippen LogP contribution is -2.05. The first-order chi connectivity index (χ1) is 7.33. The van der Waals surface area contributed by atoms with Gasteiger partial charge in [0.1, 0.15) is 5.69 Å². The van der Waals surface area contributed by atoms with E-state index in [2.05, 4.69) is 28.4 Å². The molecule has 2 aromatic heterocycles. The molecule has 2 heterocycles. The van der Waals surface area contributed by atoms with Crippen molar-refractivity contribution in [3.05, 3.63) is 36.4 Å². The standard InChI is InChI=1S/C10H12N4S/c1-8(15-2)10-9(4-3-5-11-10)14-12-6-7-13-14/h3-8H,1-2H3. The molecule has 5 heteroatoms. The van der Waals surface area contributed by atoms with Gasteiger partial charge in [-0.05, 0) is 25.3 Å². The monoisotopic (exact) mass is 220 g/mol. The van der Waals surface area contributed by atoms with Crippen molar-refractivity contribution >= 4 is 11.8 Å². The van der Waals surface area contributed by atoms with Gasteiger partial charge in [-0.3, -0.25) is 4.98 Å². The van der Waals surface area contributed by atoms with Crippen molar-refractivity contribution in [3.63, 3.8) is 0 Å². The van der Waals surface area contributed by atoms with Gasteiger partial charge in [-0.1, -0.05) is 0 Å². The summed E-state index contributed by atoms with van der Waals surface area (Å²) in [6.45, 7) is 2.12. The molecule has 0 N–H and O–H groups in total. The second-order valence-electron chi connectivity index (χ2n) is 3.10. The average Bonchev–Trinajstić information content (AvgIpc) is 2.81. The van der Waals surface area contributed by atoms with Gasteiger partial charge in [-0.15, -0.1) is 4.80 Å². The van der Waals surface area contributed by atoms with Crippen molar-refractivity contribution in [1.82, 2.24) is 20.0 Å². The van der Waals surface area contributed by atoms with Crippen LogP contribution in [0.15, 0.2) is 30.7 Å². The van der Waals surface area contributed by atoms with Crippen molar-refractivity contribution in [2.75, 3.05) is 6.26 Å². The van der Waals surface area contributed by atoms with Gasteiger partial charge in [0.25, 0.3) is 0 Å². The Balaban J connectivity index is 2.47. The lowest BCUT2D eigenvalue weighted by atomic mass is 10.2. The smallest absolute Gasteiger partial charge is 0.108 e. The second-order valence-corrected chi connectivity index (χ2v) is 4.28. The predicted octanol–water partition coefficient (Wildman–Crippen LogP) is 2.09. The molecule has 1 unspecified atom stereocenters. The summed E-state index contributed by atoms with van der Waals surface area (Å²) in [5.41, 5.74) is 1.96. The minimum absolute atomic E-state index is 0.340. The Hall–Kier alpha value is -1.36. The first kappa shape index (κ1) is 10.2. The molecule has 0 fully saturated rings. The SMILES string of the molecule is CSC(C)c1ncccc1-n1nccn1. The highest BCUT2D eigenvalue weighted by molar-refractivity contribution is 7.98. The van der Waals surface area contributed by atoms with Crippen LogP contribution in [-0.2, 0) is 0 Å². The molecule has 0 radical (unpaired) electrons. The fourth-order valence-corrected chi connectivity index (χ4v) is 1.75. The topological polar surface area (TPSA) is 43.6 Å². The van der Waals surface area contributed by atoms with E-state index in [4.69, 9.17) is 0 Å². The molecule has 0 aliphatic heterocycles. The van der Waals surface area contributed by atoms with Crippen LogP contribution in [0.25, 0.3) is 5.69 Å². The molecule has 2 rings (SSSR count). The van der Waals surface area contributed by atoms with Crippen molar-refractivity contribution in [3.8, 4) is 5.69 Å². The van der Waals surface area contributed by atoms with E-state index in [1.807, 2.05) is 12.1 Å². The highest BCUT2D eigenvalue weighted by atomic mass is 32.2. The zero-order chi connectivity index (χ0) is 10.7. The van der Waals surface area contributed by atoms with Crippen molar-refractivity contribution in [2.45, 2.75) is 12.2 Å². The first-order valence-corrected chi connectivity index (χ1v) is 5.96. The van der Waals surface area contributed by atoms with Gasteiger partial charge >= 0.3 is 0 Å². The number of thioether (sulfide) groups is 1. The van der Waals surface area contributed by atoms with Crippen LogP contribution in [0.1, 0.15) is 17.9 Å². The van der Waals surface area contributed by atoms with Crippen LogP contribution in [0.4, 0.5) is 0 Å².